The topological polar surface area (TPSA) is 33.3 Å². The minimum Gasteiger partial charge on any atom is -0.382 e. The lowest BCUT2D eigenvalue weighted by molar-refractivity contribution is 0.146. The molecule has 0 spiro atoms. The van der Waals surface area contributed by atoms with Gasteiger partial charge in [-0.2, -0.15) is 0 Å². The molecule has 0 amide bonds. The van der Waals surface area contributed by atoms with Gasteiger partial charge in [0.05, 0.1) is 0 Å². The Morgan fingerprint density at radius 1 is 1.44 bits per heavy atom. The van der Waals surface area contributed by atoms with E-state index >= 15 is 0 Å². The van der Waals surface area contributed by atoms with E-state index in [1.165, 1.54) is 6.07 Å². The van der Waals surface area contributed by atoms with Gasteiger partial charge in [0.25, 0.3) is 0 Å². The molecule has 2 N–H and O–H groups in total. The summed E-state index contributed by atoms with van der Waals surface area (Å²) in [6, 6.07) is 4.81. The van der Waals surface area contributed by atoms with Crippen LogP contribution in [0.5, 0.6) is 0 Å². The van der Waals surface area contributed by atoms with Crippen molar-refractivity contribution in [1.82, 2.24) is 5.32 Å². The first-order chi connectivity index (χ1) is 8.63. The Bertz CT molecular complexity index is 399. The second kappa shape index (κ2) is 8.00. The lowest BCUT2D eigenvalue weighted by Crippen LogP contribution is -2.29. The van der Waals surface area contributed by atoms with Crippen LogP contribution in [-0.2, 0) is 4.74 Å². The highest BCUT2D eigenvalue weighted by atomic mass is 32.1. The molecule has 0 heterocycles. The van der Waals surface area contributed by atoms with E-state index in [2.05, 4.69) is 10.6 Å². The van der Waals surface area contributed by atoms with Crippen molar-refractivity contribution in [2.75, 3.05) is 25.1 Å². The summed E-state index contributed by atoms with van der Waals surface area (Å²) in [5.41, 5.74) is 1.38. The van der Waals surface area contributed by atoms with Crippen LogP contribution in [0, 0.1) is 12.7 Å². The number of anilines is 1. The van der Waals surface area contributed by atoms with Crippen LogP contribution in [0.25, 0.3) is 0 Å². The molecule has 0 aliphatic carbocycles. The van der Waals surface area contributed by atoms with Crippen molar-refractivity contribution in [1.29, 1.82) is 0 Å². The number of hydrogen-bond acceptors (Lipinski definition) is 2. The molecule has 0 saturated carbocycles. The third-order valence-electron chi connectivity index (χ3n) is 2.37. The van der Waals surface area contributed by atoms with Gasteiger partial charge in [-0.1, -0.05) is 0 Å². The molecule has 1 aromatic rings. The summed E-state index contributed by atoms with van der Waals surface area (Å²) in [5.74, 6) is -0.212. The van der Waals surface area contributed by atoms with E-state index in [-0.39, 0.29) is 5.82 Å². The maximum Gasteiger partial charge on any atom is 0.170 e. The molecule has 0 aliphatic heterocycles. The van der Waals surface area contributed by atoms with Crippen LogP contribution in [0.4, 0.5) is 10.1 Å². The molecule has 5 heteroatoms. The standard InChI is InChI=1S/C13H19FN2OS/c1-3-17-8-4-7-15-13(18)16-11-5-6-12(14)10(2)9-11/h5-6,9H,3-4,7-8H2,1-2H3,(H2,15,16,18). The van der Waals surface area contributed by atoms with Gasteiger partial charge in [0, 0.05) is 25.4 Å². The van der Waals surface area contributed by atoms with Crippen LogP contribution < -0.4 is 10.6 Å². The van der Waals surface area contributed by atoms with Crippen molar-refractivity contribution in [3.63, 3.8) is 0 Å². The van der Waals surface area contributed by atoms with Crippen LogP contribution >= 0.6 is 12.2 Å². The minimum atomic E-state index is -0.212. The fraction of sp³-hybridized carbons (Fsp3) is 0.462. The van der Waals surface area contributed by atoms with Crippen LogP contribution in [0.3, 0.4) is 0 Å². The predicted octanol–water partition coefficient (Wildman–Crippen LogP) is 2.85. The fourth-order valence-corrected chi connectivity index (χ4v) is 1.64. The van der Waals surface area contributed by atoms with Gasteiger partial charge in [0.2, 0.25) is 0 Å². The van der Waals surface area contributed by atoms with Gasteiger partial charge in [0.1, 0.15) is 5.82 Å². The van der Waals surface area contributed by atoms with Crippen molar-refractivity contribution in [2.24, 2.45) is 0 Å². The van der Waals surface area contributed by atoms with Crippen molar-refractivity contribution in [3.8, 4) is 0 Å². The Hall–Kier alpha value is -1.20. The average molecular weight is 270 g/mol. The first-order valence-corrected chi connectivity index (χ1v) is 6.43. The van der Waals surface area contributed by atoms with Crippen molar-refractivity contribution in [2.45, 2.75) is 20.3 Å². The van der Waals surface area contributed by atoms with Gasteiger partial charge in [-0.3, -0.25) is 0 Å². The summed E-state index contributed by atoms with van der Waals surface area (Å²) in [4.78, 5) is 0. The molecular weight excluding hydrogens is 251 g/mol. The normalized spacial score (nSPS) is 10.2. The highest BCUT2D eigenvalue weighted by Gasteiger charge is 2.00. The van der Waals surface area contributed by atoms with E-state index in [4.69, 9.17) is 17.0 Å². The van der Waals surface area contributed by atoms with Gasteiger partial charge in [-0.25, -0.2) is 4.39 Å². The number of hydrogen-bond donors (Lipinski definition) is 2. The predicted molar refractivity (Wildman–Crippen MR) is 76.5 cm³/mol. The van der Waals surface area contributed by atoms with E-state index in [0.717, 1.165) is 31.9 Å². The molecule has 100 valence electrons. The second-order valence-corrected chi connectivity index (χ2v) is 4.30. The zero-order chi connectivity index (χ0) is 13.4. The summed E-state index contributed by atoms with van der Waals surface area (Å²) >= 11 is 5.13. The maximum atomic E-state index is 13.1. The summed E-state index contributed by atoms with van der Waals surface area (Å²) in [6.07, 6.45) is 0.901. The summed E-state index contributed by atoms with van der Waals surface area (Å²) < 4.78 is 18.3. The van der Waals surface area contributed by atoms with E-state index in [1.807, 2.05) is 6.92 Å². The highest BCUT2D eigenvalue weighted by Crippen LogP contribution is 2.13. The summed E-state index contributed by atoms with van der Waals surface area (Å²) in [5, 5.41) is 6.62. The van der Waals surface area contributed by atoms with E-state index in [9.17, 15) is 4.39 Å². The van der Waals surface area contributed by atoms with Gasteiger partial charge < -0.3 is 15.4 Å². The van der Waals surface area contributed by atoms with Crippen LogP contribution in [0.2, 0.25) is 0 Å². The largest absolute Gasteiger partial charge is 0.382 e. The number of thiocarbonyl (C=S) groups is 1. The van der Waals surface area contributed by atoms with E-state index in [1.54, 1.807) is 19.1 Å². The third kappa shape index (κ3) is 5.42. The number of rotatable bonds is 6. The third-order valence-corrected chi connectivity index (χ3v) is 2.62. The molecule has 18 heavy (non-hydrogen) atoms. The monoisotopic (exact) mass is 270 g/mol. The summed E-state index contributed by atoms with van der Waals surface area (Å²) in [6.45, 7) is 5.90. The molecule has 1 aromatic carbocycles. The maximum absolute atomic E-state index is 13.1. The Kier molecular flexibility index (Phi) is 6.60. The molecule has 0 bridgehead atoms. The second-order valence-electron chi connectivity index (χ2n) is 3.90. The van der Waals surface area contributed by atoms with Crippen LogP contribution in [0.15, 0.2) is 18.2 Å². The smallest absolute Gasteiger partial charge is 0.170 e. The van der Waals surface area contributed by atoms with E-state index in [0.29, 0.717) is 10.7 Å². The molecule has 0 atom stereocenters. The zero-order valence-electron chi connectivity index (χ0n) is 10.8. The minimum absolute atomic E-state index is 0.212. The van der Waals surface area contributed by atoms with Crippen molar-refractivity contribution in [3.05, 3.63) is 29.6 Å². The van der Waals surface area contributed by atoms with Crippen LogP contribution in [0.1, 0.15) is 18.9 Å². The lowest BCUT2D eigenvalue weighted by atomic mass is 10.2. The molecule has 0 radical (unpaired) electrons. The first-order valence-electron chi connectivity index (χ1n) is 6.02. The molecule has 0 unspecified atom stereocenters. The molecule has 0 aliphatic rings. The fourth-order valence-electron chi connectivity index (χ4n) is 1.42. The molecular formula is C13H19FN2OS. The van der Waals surface area contributed by atoms with Crippen molar-refractivity contribution >= 4 is 23.0 Å². The first kappa shape index (κ1) is 14.9. The average Bonchev–Trinajstić information content (AvgIpc) is 2.34. The zero-order valence-corrected chi connectivity index (χ0v) is 11.6. The number of aryl methyl sites for hydroxylation is 1. The number of benzene rings is 1. The van der Waals surface area contributed by atoms with Gasteiger partial charge in [0.15, 0.2) is 5.11 Å². The molecule has 0 aromatic heterocycles. The summed E-state index contributed by atoms with van der Waals surface area (Å²) in [7, 11) is 0. The van der Waals surface area contributed by atoms with Gasteiger partial charge in [-0.15, -0.1) is 0 Å². The number of halogens is 1. The quantitative estimate of drug-likeness (QED) is 0.615. The highest BCUT2D eigenvalue weighted by molar-refractivity contribution is 7.80. The molecule has 3 nitrogen and oxygen atoms in total. The molecule has 0 saturated heterocycles. The van der Waals surface area contributed by atoms with Gasteiger partial charge in [-0.05, 0) is 56.2 Å². The Morgan fingerprint density at radius 3 is 2.89 bits per heavy atom. The Morgan fingerprint density at radius 2 is 2.22 bits per heavy atom. The Balaban J connectivity index is 2.29. The lowest BCUT2D eigenvalue weighted by Gasteiger charge is -2.11. The number of nitrogens with one attached hydrogen (secondary N) is 2. The SMILES string of the molecule is CCOCCCNC(=S)Nc1ccc(F)c(C)c1. The Labute approximate surface area is 113 Å². The number of ether oxygens (including phenoxy) is 1. The van der Waals surface area contributed by atoms with E-state index < -0.39 is 0 Å². The van der Waals surface area contributed by atoms with Crippen LogP contribution in [-0.4, -0.2) is 24.9 Å². The van der Waals surface area contributed by atoms with Crippen molar-refractivity contribution < 1.29 is 9.13 Å². The molecule has 1 rings (SSSR count). The molecule has 0 fully saturated rings. The van der Waals surface area contributed by atoms with Gasteiger partial charge >= 0.3 is 0 Å².